The fraction of sp³-hybridized carbons (Fsp3) is 0.250. The maximum atomic E-state index is 11.8. The summed E-state index contributed by atoms with van der Waals surface area (Å²) in [6.07, 6.45) is 1.43. The average molecular weight is 245 g/mol. The first-order chi connectivity index (χ1) is 8.56. The van der Waals surface area contributed by atoms with Gasteiger partial charge in [0.1, 0.15) is 0 Å². The van der Waals surface area contributed by atoms with Crippen LogP contribution >= 0.6 is 0 Å². The molecule has 1 amide bonds. The zero-order chi connectivity index (χ0) is 13.1. The maximum Gasteiger partial charge on any atom is 0.277 e. The Labute approximate surface area is 105 Å². The summed E-state index contributed by atoms with van der Waals surface area (Å²) in [6.45, 7) is 0. The van der Waals surface area contributed by atoms with Crippen molar-refractivity contribution >= 4 is 17.3 Å². The molecule has 6 nitrogen and oxygen atoms in total. The Morgan fingerprint density at radius 2 is 1.94 bits per heavy atom. The highest BCUT2D eigenvalue weighted by Gasteiger charge is 2.09. The van der Waals surface area contributed by atoms with Crippen molar-refractivity contribution in [3.8, 4) is 0 Å². The number of hydrogen-bond acceptors (Lipinski definition) is 4. The fourth-order valence-corrected chi connectivity index (χ4v) is 1.49. The third-order valence-corrected chi connectivity index (χ3v) is 2.47. The lowest BCUT2D eigenvalue weighted by molar-refractivity contribution is 0.102. The van der Waals surface area contributed by atoms with Gasteiger partial charge in [-0.15, -0.1) is 5.10 Å². The third kappa shape index (κ3) is 2.65. The highest BCUT2D eigenvalue weighted by molar-refractivity contribution is 6.02. The van der Waals surface area contributed by atoms with Crippen LogP contribution in [0.1, 0.15) is 10.5 Å². The van der Waals surface area contributed by atoms with Gasteiger partial charge < -0.3 is 10.2 Å². The third-order valence-electron chi connectivity index (χ3n) is 2.47. The molecule has 0 saturated carbocycles. The molecule has 18 heavy (non-hydrogen) atoms. The standard InChI is InChI=1S/C12H15N5O/c1-16(2)10-6-4-9(5-7-10)14-12(18)11-8-13-17(3)15-11/h4-8H,1-3H3,(H,14,18). The van der Waals surface area contributed by atoms with Gasteiger partial charge in [0.15, 0.2) is 5.69 Å². The van der Waals surface area contributed by atoms with Crippen molar-refractivity contribution in [3.63, 3.8) is 0 Å². The number of anilines is 2. The van der Waals surface area contributed by atoms with E-state index in [9.17, 15) is 4.79 Å². The quantitative estimate of drug-likeness (QED) is 0.880. The normalized spacial score (nSPS) is 10.2. The number of carbonyl (C=O) groups excluding carboxylic acids is 1. The van der Waals surface area contributed by atoms with E-state index in [0.717, 1.165) is 11.4 Å². The molecular weight excluding hydrogens is 230 g/mol. The van der Waals surface area contributed by atoms with Crippen LogP contribution in [0.3, 0.4) is 0 Å². The van der Waals surface area contributed by atoms with Gasteiger partial charge in [-0.3, -0.25) is 4.79 Å². The van der Waals surface area contributed by atoms with Gasteiger partial charge in [0.05, 0.1) is 6.20 Å². The van der Waals surface area contributed by atoms with Gasteiger partial charge in [0, 0.05) is 32.5 Å². The molecule has 0 unspecified atom stereocenters. The Morgan fingerprint density at radius 1 is 1.28 bits per heavy atom. The van der Waals surface area contributed by atoms with E-state index in [2.05, 4.69) is 15.5 Å². The van der Waals surface area contributed by atoms with E-state index in [1.807, 2.05) is 43.3 Å². The number of amides is 1. The average Bonchev–Trinajstić information content (AvgIpc) is 2.76. The minimum atomic E-state index is -0.263. The molecule has 0 fully saturated rings. The molecule has 94 valence electrons. The number of aromatic nitrogens is 3. The van der Waals surface area contributed by atoms with Crippen LogP contribution in [0.2, 0.25) is 0 Å². The minimum absolute atomic E-state index is 0.263. The molecule has 2 aromatic rings. The molecule has 2 rings (SSSR count). The molecule has 0 atom stereocenters. The van der Waals surface area contributed by atoms with Crippen molar-refractivity contribution in [3.05, 3.63) is 36.2 Å². The van der Waals surface area contributed by atoms with Crippen LogP contribution < -0.4 is 10.2 Å². The number of rotatable bonds is 3. The van der Waals surface area contributed by atoms with Gasteiger partial charge in [-0.25, -0.2) is 0 Å². The largest absolute Gasteiger partial charge is 0.378 e. The number of aryl methyl sites for hydroxylation is 1. The summed E-state index contributed by atoms with van der Waals surface area (Å²) in [5, 5.41) is 10.6. The summed E-state index contributed by atoms with van der Waals surface area (Å²) in [5.41, 5.74) is 2.11. The second kappa shape index (κ2) is 4.87. The van der Waals surface area contributed by atoms with Gasteiger partial charge in [-0.2, -0.15) is 9.90 Å². The minimum Gasteiger partial charge on any atom is -0.378 e. The van der Waals surface area contributed by atoms with E-state index in [1.165, 1.54) is 11.0 Å². The zero-order valence-electron chi connectivity index (χ0n) is 10.6. The van der Waals surface area contributed by atoms with Crippen molar-refractivity contribution in [1.29, 1.82) is 0 Å². The van der Waals surface area contributed by atoms with Crippen molar-refractivity contribution in [2.24, 2.45) is 7.05 Å². The van der Waals surface area contributed by atoms with E-state index in [1.54, 1.807) is 7.05 Å². The smallest absolute Gasteiger partial charge is 0.277 e. The van der Waals surface area contributed by atoms with E-state index in [4.69, 9.17) is 0 Å². The van der Waals surface area contributed by atoms with E-state index in [0.29, 0.717) is 5.69 Å². The first kappa shape index (κ1) is 12.1. The van der Waals surface area contributed by atoms with Crippen LogP contribution in [-0.4, -0.2) is 35.0 Å². The Bertz CT molecular complexity index is 544. The summed E-state index contributed by atoms with van der Waals surface area (Å²) in [4.78, 5) is 15.2. The van der Waals surface area contributed by atoms with E-state index >= 15 is 0 Å². The number of nitrogens with one attached hydrogen (secondary N) is 1. The molecule has 0 bridgehead atoms. The van der Waals surface area contributed by atoms with Crippen LogP contribution in [0, 0.1) is 0 Å². The van der Waals surface area contributed by atoms with Crippen molar-refractivity contribution in [2.45, 2.75) is 0 Å². The molecule has 0 spiro atoms. The molecule has 1 N–H and O–H groups in total. The van der Waals surface area contributed by atoms with Gasteiger partial charge >= 0.3 is 0 Å². The van der Waals surface area contributed by atoms with Crippen LogP contribution in [0.15, 0.2) is 30.5 Å². The van der Waals surface area contributed by atoms with E-state index in [-0.39, 0.29) is 5.91 Å². The van der Waals surface area contributed by atoms with Gasteiger partial charge in [0.25, 0.3) is 5.91 Å². The van der Waals surface area contributed by atoms with Crippen molar-refractivity contribution in [1.82, 2.24) is 15.0 Å². The Balaban J connectivity index is 2.07. The predicted molar refractivity (Wildman–Crippen MR) is 69.7 cm³/mol. The Morgan fingerprint density at radius 3 is 2.44 bits per heavy atom. The topological polar surface area (TPSA) is 63.1 Å². The predicted octanol–water partition coefficient (Wildman–Crippen LogP) is 1.13. The van der Waals surface area contributed by atoms with Crippen LogP contribution in [0.25, 0.3) is 0 Å². The van der Waals surface area contributed by atoms with Gasteiger partial charge in [-0.05, 0) is 24.3 Å². The lowest BCUT2D eigenvalue weighted by atomic mass is 10.2. The summed E-state index contributed by atoms with van der Waals surface area (Å²) in [6, 6.07) is 7.58. The molecule has 6 heteroatoms. The second-order valence-electron chi connectivity index (χ2n) is 4.11. The van der Waals surface area contributed by atoms with Crippen LogP contribution in [-0.2, 0) is 7.05 Å². The van der Waals surface area contributed by atoms with E-state index < -0.39 is 0 Å². The SMILES string of the molecule is CN(C)c1ccc(NC(=O)c2cnn(C)n2)cc1. The number of benzene rings is 1. The summed E-state index contributed by atoms with van der Waals surface area (Å²) < 4.78 is 0. The van der Waals surface area contributed by atoms with Crippen molar-refractivity contribution in [2.75, 3.05) is 24.3 Å². The lowest BCUT2D eigenvalue weighted by Crippen LogP contribution is -2.13. The van der Waals surface area contributed by atoms with Crippen LogP contribution in [0.4, 0.5) is 11.4 Å². The molecule has 1 heterocycles. The van der Waals surface area contributed by atoms with Gasteiger partial charge in [0.2, 0.25) is 0 Å². The fourth-order valence-electron chi connectivity index (χ4n) is 1.49. The summed E-state index contributed by atoms with van der Waals surface area (Å²) >= 11 is 0. The molecule has 0 radical (unpaired) electrons. The monoisotopic (exact) mass is 245 g/mol. The molecule has 0 aliphatic heterocycles. The summed E-state index contributed by atoms with van der Waals surface area (Å²) in [7, 11) is 5.60. The number of hydrogen-bond donors (Lipinski definition) is 1. The Kier molecular flexibility index (Phi) is 3.27. The first-order valence-electron chi connectivity index (χ1n) is 5.51. The highest BCUT2D eigenvalue weighted by atomic mass is 16.2. The molecule has 1 aromatic carbocycles. The van der Waals surface area contributed by atoms with Crippen molar-refractivity contribution < 1.29 is 4.79 Å². The Hall–Kier alpha value is -2.37. The molecular formula is C12H15N5O. The lowest BCUT2D eigenvalue weighted by Gasteiger charge is -2.12. The molecule has 0 saturated heterocycles. The van der Waals surface area contributed by atoms with Crippen LogP contribution in [0.5, 0.6) is 0 Å². The second-order valence-corrected chi connectivity index (χ2v) is 4.11. The molecule has 0 aliphatic rings. The number of carbonyl (C=O) groups is 1. The highest BCUT2D eigenvalue weighted by Crippen LogP contribution is 2.15. The zero-order valence-corrected chi connectivity index (χ0v) is 10.6. The molecule has 0 aliphatic carbocycles. The van der Waals surface area contributed by atoms with Gasteiger partial charge in [-0.1, -0.05) is 0 Å². The summed E-state index contributed by atoms with van der Waals surface area (Å²) in [5.74, 6) is -0.263. The molecule has 1 aromatic heterocycles. The number of nitrogens with zero attached hydrogens (tertiary/aromatic N) is 4. The first-order valence-corrected chi connectivity index (χ1v) is 5.51. The maximum absolute atomic E-state index is 11.8.